The highest BCUT2D eigenvalue weighted by Crippen LogP contribution is 2.19. The lowest BCUT2D eigenvalue weighted by Gasteiger charge is -2.34. The number of nitrogens with zero attached hydrogens (tertiary/aromatic N) is 4. The van der Waals surface area contributed by atoms with Crippen molar-refractivity contribution in [3.63, 3.8) is 0 Å². The molecule has 1 amide bonds. The predicted molar refractivity (Wildman–Crippen MR) is 97.8 cm³/mol. The summed E-state index contributed by atoms with van der Waals surface area (Å²) in [7, 11) is -3.64. The first kappa shape index (κ1) is 18.5. The molecule has 1 aromatic heterocycles. The molecule has 0 radical (unpaired) electrons. The van der Waals surface area contributed by atoms with Gasteiger partial charge in [-0.05, 0) is 46.3 Å². The van der Waals surface area contributed by atoms with Gasteiger partial charge in [-0.25, -0.2) is 8.42 Å². The van der Waals surface area contributed by atoms with Gasteiger partial charge < -0.3 is 4.90 Å². The van der Waals surface area contributed by atoms with Gasteiger partial charge in [-0.15, -0.1) is 0 Å². The van der Waals surface area contributed by atoms with Gasteiger partial charge in [0.05, 0.1) is 22.1 Å². The number of hydrogen-bond donors (Lipinski definition) is 0. The van der Waals surface area contributed by atoms with E-state index in [1.54, 1.807) is 17.2 Å². The van der Waals surface area contributed by atoms with Crippen molar-refractivity contribution in [2.24, 2.45) is 0 Å². The minimum atomic E-state index is -3.64. The topological polar surface area (TPSA) is 94.4 Å². The van der Waals surface area contributed by atoms with E-state index in [1.165, 1.54) is 34.8 Å². The lowest BCUT2D eigenvalue weighted by molar-refractivity contribution is 0.0697. The van der Waals surface area contributed by atoms with Crippen LogP contribution in [0.1, 0.15) is 15.9 Å². The molecule has 1 fully saturated rings. The van der Waals surface area contributed by atoms with Gasteiger partial charge in [-0.1, -0.05) is 0 Å². The Morgan fingerprint density at radius 2 is 1.77 bits per heavy atom. The molecule has 1 saturated heterocycles. The van der Waals surface area contributed by atoms with Gasteiger partial charge in [0.25, 0.3) is 5.91 Å². The molecule has 1 aliphatic heterocycles. The first-order chi connectivity index (χ1) is 12.4. The van der Waals surface area contributed by atoms with Crippen molar-refractivity contribution in [3.05, 3.63) is 58.3 Å². The molecule has 0 atom stereocenters. The van der Waals surface area contributed by atoms with Gasteiger partial charge in [-0.2, -0.15) is 9.57 Å². The molecule has 0 N–H and O–H groups in total. The second-order valence-electron chi connectivity index (χ2n) is 5.72. The lowest BCUT2D eigenvalue weighted by Crippen LogP contribution is -2.50. The molecular formula is C17H15BrN4O3S. The maximum absolute atomic E-state index is 12.7. The standard InChI is InChI=1S/C17H15BrN4O3S/c18-15-9-14(11-20-12-15)17(23)21-5-7-22(8-6-21)26(24,25)16-3-1-13(10-19)2-4-16/h1-4,9,11-12H,5-8H2. The van der Waals surface area contributed by atoms with Gasteiger partial charge in [0.2, 0.25) is 10.0 Å². The quantitative estimate of drug-likeness (QED) is 0.734. The highest BCUT2D eigenvalue weighted by molar-refractivity contribution is 9.10. The molecule has 0 unspecified atom stereocenters. The summed E-state index contributed by atoms with van der Waals surface area (Å²) < 4.78 is 27.5. The molecular weight excluding hydrogens is 420 g/mol. The zero-order valence-corrected chi connectivity index (χ0v) is 16.1. The number of rotatable bonds is 3. The number of hydrogen-bond acceptors (Lipinski definition) is 5. The van der Waals surface area contributed by atoms with Crippen molar-refractivity contribution >= 4 is 31.9 Å². The van der Waals surface area contributed by atoms with Crippen molar-refractivity contribution in [2.75, 3.05) is 26.2 Å². The third-order valence-electron chi connectivity index (χ3n) is 4.10. The normalized spacial score (nSPS) is 15.5. The Morgan fingerprint density at radius 1 is 1.12 bits per heavy atom. The summed E-state index contributed by atoms with van der Waals surface area (Å²) in [5.74, 6) is -0.172. The number of aromatic nitrogens is 1. The maximum Gasteiger partial charge on any atom is 0.255 e. The molecule has 0 saturated carbocycles. The smallest absolute Gasteiger partial charge is 0.255 e. The molecule has 7 nitrogen and oxygen atoms in total. The largest absolute Gasteiger partial charge is 0.336 e. The van der Waals surface area contributed by atoms with Crippen LogP contribution in [-0.2, 0) is 10.0 Å². The van der Waals surface area contributed by atoms with Crippen LogP contribution < -0.4 is 0 Å². The number of benzene rings is 1. The molecule has 0 aliphatic carbocycles. The predicted octanol–water partition coefficient (Wildman–Crippen LogP) is 1.86. The van der Waals surface area contributed by atoms with E-state index in [-0.39, 0.29) is 23.9 Å². The van der Waals surface area contributed by atoms with Gasteiger partial charge in [0, 0.05) is 43.0 Å². The minimum absolute atomic E-state index is 0.146. The Bertz CT molecular complexity index is 962. The molecule has 3 rings (SSSR count). The number of nitriles is 1. The second kappa shape index (κ2) is 7.53. The van der Waals surface area contributed by atoms with Crippen LogP contribution >= 0.6 is 15.9 Å². The van der Waals surface area contributed by atoms with E-state index in [2.05, 4.69) is 20.9 Å². The number of piperazine rings is 1. The first-order valence-electron chi connectivity index (χ1n) is 7.82. The van der Waals surface area contributed by atoms with E-state index in [0.29, 0.717) is 28.7 Å². The zero-order chi connectivity index (χ0) is 18.7. The Morgan fingerprint density at radius 3 is 2.35 bits per heavy atom. The molecule has 26 heavy (non-hydrogen) atoms. The zero-order valence-electron chi connectivity index (χ0n) is 13.7. The molecule has 1 aliphatic rings. The summed E-state index contributed by atoms with van der Waals surface area (Å²) in [6.07, 6.45) is 3.09. The molecule has 2 heterocycles. The number of halogens is 1. The van der Waals surface area contributed by atoms with Crippen LogP contribution in [0.3, 0.4) is 0 Å². The Hall–Kier alpha value is -2.28. The van der Waals surface area contributed by atoms with E-state index in [9.17, 15) is 13.2 Å². The summed E-state index contributed by atoms with van der Waals surface area (Å²) in [6, 6.07) is 9.47. The van der Waals surface area contributed by atoms with E-state index in [0.717, 1.165) is 0 Å². The van der Waals surface area contributed by atoms with Crippen molar-refractivity contribution in [1.29, 1.82) is 5.26 Å². The van der Waals surface area contributed by atoms with Crippen LogP contribution in [0.4, 0.5) is 0 Å². The summed E-state index contributed by atoms with van der Waals surface area (Å²) >= 11 is 3.29. The fourth-order valence-electron chi connectivity index (χ4n) is 2.69. The van der Waals surface area contributed by atoms with Crippen LogP contribution in [0.15, 0.2) is 52.1 Å². The number of carbonyl (C=O) groups excluding carboxylic acids is 1. The monoisotopic (exact) mass is 434 g/mol. The number of carbonyl (C=O) groups is 1. The number of sulfonamides is 1. The van der Waals surface area contributed by atoms with Gasteiger partial charge >= 0.3 is 0 Å². The molecule has 2 aromatic rings. The van der Waals surface area contributed by atoms with Crippen LogP contribution in [0.2, 0.25) is 0 Å². The molecule has 0 spiro atoms. The average Bonchev–Trinajstić information content (AvgIpc) is 2.67. The van der Waals surface area contributed by atoms with Gasteiger partial charge in [0.15, 0.2) is 0 Å². The van der Waals surface area contributed by atoms with Crippen molar-refractivity contribution < 1.29 is 13.2 Å². The highest BCUT2D eigenvalue weighted by Gasteiger charge is 2.30. The molecule has 0 bridgehead atoms. The van der Waals surface area contributed by atoms with Crippen molar-refractivity contribution in [3.8, 4) is 6.07 Å². The van der Waals surface area contributed by atoms with Crippen LogP contribution in [-0.4, -0.2) is 54.7 Å². The van der Waals surface area contributed by atoms with Crippen LogP contribution in [0.25, 0.3) is 0 Å². The molecule has 9 heteroatoms. The third kappa shape index (κ3) is 3.77. The Kier molecular flexibility index (Phi) is 5.36. The van der Waals surface area contributed by atoms with Crippen LogP contribution in [0, 0.1) is 11.3 Å². The Balaban J connectivity index is 1.69. The van der Waals surface area contributed by atoms with Gasteiger partial charge in [0.1, 0.15) is 0 Å². The highest BCUT2D eigenvalue weighted by atomic mass is 79.9. The maximum atomic E-state index is 12.7. The third-order valence-corrected chi connectivity index (χ3v) is 6.45. The van der Waals surface area contributed by atoms with E-state index >= 15 is 0 Å². The fourth-order valence-corrected chi connectivity index (χ4v) is 4.48. The fraction of sp³-hybridized carbons (Fsp3) is 0.235. The lowest BCUT2D eigenvalue weighted by atomic mass is 10.2. The summed E-state index contributed by atoms with van der Waals surface area (Å²) in [6.45, 7) is 1.05. The van der Waals surface area contributed by atoms with E-state index in [4.69, 9.17) is 5.26 Å². The number of amides is 1. The Labute approximate surface area is 160 Å². The summed E-state index contributed by atoms with van der Waals surface area (Å²) in [4.78, 5) is 18.3. The average molecular weight is 435 g/mol. The minimum Gasteiger partial charge on any atom is -0.336 e. The molecule has 134 valence electrons. The van der Waals surface area contributed by atoms with Crippen molar-refractivity contribution in [2.45, 2.75) is 4.90 Å². The summed E-state index contributed by atoms with van der Waals surface area (Å²) in [5.41, 5.74) is 0.866. The van der Waals surface area contributed by atoms with Gasteiger partial charge in [-0.3, -0.25) is 9.78 Å². The van der Waals surface area contributed by atoms with E-state index < -0.39 is 10.0 Å². The number of pyridine rings is 1. The second-order valence-corrected chi connectivity index (χ2v) is 8.58. The van der Waals surface area contributed by atoms with E-state index in [1.807, 2.05) is 6.07 Å². The summed E-state index contributed by atoms with van der Waals surface area (Å²) in [5, 5.41) is 8.82. The molecule has 1 aromatic carbocycles. The van der Waals surface area contributed by atoms with Crippen molar-refractivity contribution in [1.82, 2.24) is 14.2 Å². The first-order valence-corrected chi connectivity index (χ1v) is 10.1. The van der Waals surface area contributed by atoms with Crippen LogP contribution in [0.5, 0.6) is 0 Å². The SMILES string of the molecule is N#Cc1ccc(S(=O)(=O)N2CCN(C(=O)c3cncc(Br)c3)CC2)cc1.